The largest absolute Gasteiger partial charge is 0.481 e. The van der Waals surface area contributed by atoms with Crippen molar-refractivity contribution in [1.82, 2.24) is 19.5 Å². The van der Waals surface area contributed by atoms with Crippen molar-refractivity contribution in [3.8, 4) is 0 Å². The van der Waals surface area contributed by atoms with Crippen LogP contribution in [0.4, 0.5) is 5.82 Å². The van der Waals surface area contributed by atoms with E-state index in [1.54, 1.807) is 0 Å². The quantitative estimate of drug-likeness (QED) is 0.0544. The lowest BCUT2D eigenvalue weighted by atomic mass is 10.1. The Morgan fingerprint density at radius 1 is 0.979 bits per heavy atom. The lowest BCUT2D eigenvalue weighted by Gasteiger charge is -2.22. The van der Waals surface area contributed by atoms with E-state index in [-0.39, 0.29) is 28.3 Å². The number of aromatic nitrogens is 5. The third-order valence-corrected chi connectivity index (χ3v) is 10.2. The van der Waals surface area contributed by atoms with Gasteiger partial charge in [-0.05, 0) is 13.0 Å². The molecule has 0 aliphatic carbocycles. The first-order chi connectivity index (χ1) is 22.4. The third-order valence-electron chi connectivity index (χ3n) is 7.10. The Morgan fingerprint density at radius 3 is 2.25 bits per heavy atom. The van der Waals surface area contributed by atoms with E-state index in [9.17, 15) is 53.4 Å². The highest BCUT2D eigenvalue weighted by molar-refractivity contribution is 7.61. The zero-order valence-corrected chi connectivity index (χ0v) is 27.0. The van der Waals surface area contributed by atoms with Crippen LogP contribution < -0.4 is 10.3 Å². The number of nitrogens with zero attached hydrogens (tertiary/aromatic N) is 5. The smallest absolute Gasteiger partial charge is 0.387 e. The molecule has 2 unspecified atom stereocenters. The number of nitrogens with two attached hydrogens (primary N) is 1. The first kappa shape index (κ1) is 36.6. The van der Waals surface area contributed by atoms with Gasteiger partial charge in [-0.15, -0.1) is 0 Å². The summed E-state index contributed by atoms with van der Waals surface area (Å²) in [5.41, 5.74) is 6.10. The summed E-state index contributed by atoms with van der Waals surface area (Å²) in [4.78, 5) is 62.4. The highest BCUT2D eigenvalue weighted by Crippen LogP contribution is 2.61. The SMILES string of the molecule is CC(=O)c1ccc[n+]([C@@H]2O[C@H](COP(=O)(O)OP(=O)(O)OC[C@H]3O[C@@H](n4cnc5c(N)ncnc54)[C@H](OP(=O)(O)O)[C@@H]3O)[C@@H](O)[C@H]2O)c1. The molecule has 0 saturated carbocycles. The molecule has 0 aromatic carbocycles. The molecule has 2 fully saturated rings. The van der Waals surface area contributed by atoms with Crippen molar-refractivity contribution in [3.63, 3.8) is 0 Å². The van der Waals surface area contributed by atoms with Gasteiger partial charge in [0.25, 0.3) is 6.23 Å². The standard InChI is InChI=1S/C22H29N6O17P3/c1-10(29)11-3-2-4-27(5-11)21-17(32)15(30)12(42-21)6-40-47(36,37)45-48(38,39)41-7-13-16(31)18(44-46(33,34)35)22(43-13)28-9-26-14-19(23)24-8-25-20(14)28/h2-5,8-9,12-13,15-18,21-22,30-32H,6-7H2,1H3,(H5-,23,24,25,33,34,35,36,37,38,39)/p+1/t12-,13-,15-,16-,17-,18-,21-,22-/m1/s1. The molecule has 23 nitrogen and oxygen atoms in total. The molecule has 2 aliphatic heterocycles. The summed E-state index contributed by atoms with van der Waals surface area (Å²) < 4.78 is 68.6. The number of nitrogen functional groups attached to an aromatic ring is 1. The Morgan fingerprint density at radius 2 is 1.62 bits per heavy atom. The number of imidazole rings is 1. The van der Waals surface area contributed by atoms with Crippen molar-refractivity contribution in [2.75, 3.05) is 18.9 Å². The molecule has 0 bridgehead atoms. The van der Waals surface area contributed by atoms with Gasteiger partial charge in [0.15, 0.2) is 42.0 Å². The van der Waals surface area contributed by atoms with Gasteiger partial charge in [-0.25, -0.2) is 28.6 Å². The fraction of sp³-hybridized carbons (Fsp3) is 0.500. The van der Waals surface area contributed by atoms with E-state index in [1.807, 2.05) is 0 Å². The van der Waals surface area contributed by atoms with Crippen molar-refractivity contribution in [2.45, 2.75) is 56.0 Å². The highest BCUT2D eigenvalue weighted by Gasteiger charge is 2.51. The van der Waals surface area contributed by atoms with Gasteiger partial charge < -0.3 is 50.1 Å². The lowest BCUT2D eigenvalue weighted by molar-refractivity contribution is -0.765. The van der Waals surface area contributed by atoms with Crippen LogP contribution >= 0.6 is 23.5 Å². The number of Topliss-reactive ketones (excluding diaryl/α,β-unsaturated/α-hetero) is 1. The maximum absolute atomic E-state index is 12.6. The second-order valence-electron chi connectivity index (χ2n) is 10.5. The van der Waals surface area contributed by atoms with Crippen molar-refractivity contribution >= 4 is 46.2 Å². The summed E-state index contributed by atoms with van der Waals surface area (Å²) in [6.07, 6.45) is -8.01. The normalized spacial score (nSPS) is 30.3. The Kier molecular flexibility index (Phi) is 10.6. The van der Waals surface area contributed by atoms with E-state index in [1.165, 1.54) is 36.0 Å². The first-order valence-corrected chi connectivity index (χ1v) is 18.1. The van der Waals surface area contributed by atoms with Crippen LogP contribution in [0.15, 0.2) is 37.2 Å². The maximum Gasteiger partial charge on any atom is 0.481 e. The monoisotopic (exact) mass is 743 g/mol. The fourth-order valence-corrected chi connectivity index (χ4v) is 7.53. The summed E-state index contributed by atoms with van der Waals surface area (Å²) in [6, 6.07) is 2.99. The number of hydrogen-bond donors (Lipinski definition) is 8. The summed E-state index contributed by atoms with van der Waals surface area (Å²) in [5, 5.41) is 31.6. The van der Waals surface area contributed by atoms with Crippen molar-refractivity contribution in [2.24, 2.45) is 0 Å². The molecule has 26 heteroatoms. The first-order valence-electron chi connectivity index (χ1n) is 13.6. The van der Waals surface area contributed by atoms with Gasteiger partial charge in [0.05, 0.1) is 25.1 Å². The molecule has 48 heavy (non-hydrogen) atoms. The maximum atomic E-state index is 12.6. The third kappa shape index (κ3) is 8.20. The van der Waals surface area contributed by atoms with E-state index in [0.717, 1.165) is 17.2 Å². The Hall–Kier alpha value is -2.66. The van der Waals surface area contributed by atoms with Gasteiger partial charge in [-0.3, -0.25) is 22.9 Å². The van der Waals surface area contributed by atoms with Crippen LogP contribution in [0.3, 0.4) is 0 Å². The van der Waals surface area contributed by atoms with Crippen LogP contribution in [0.5, 0.6) is 0 Å². The minimum absolute atomic E-state index is 0.00786. The van der Waals surface area contributed by atoms with E-state index in [0.29, 0.717) is 0 Å². The van der Waals surface area contributed by atoms with Gasteiger partial charge >= 0.3 is 23.5 Å². The fourth-order valence-electron chi connectivity index (χ4n) is 4.89. The number of anilines is 1. The molecular formula is C22H30N6O17P3+. The second kappa shape index (κ2) is 13.9. The van der Waals surface area contributed by atoms with Gasteiger partial charge in [0, 0.05) is 6.07 Å². The van der Waals surface area contributed by atoms with E-state index in [2.05, 4.69) is 19.3 Å². The van der Waals surface area contributed by atoms with Crippen molar-refractivity contribution < 1.29 is 85.3 Å². The Balaban J connectivity index is 1.21. The number of pyridine rings is 1. The van der Waals surface area contributed by atoms with Gasteiger partial charge in [0.2, 0.25) is 0 Å². The molecule has 9 N–H and O–H groups in total. The van der Waals surface area contributed by atoms with Gasteiger partial charge in [-0.1, -0.05) is 0 Å². The summed E-state index contributed by atoms with van der Waals surface area (Å²) in [5.74, 6) is -0.344. The molecule has 0 radical (unpaired) electrons. The average Bonchev–Trinajstić information content (AvgIpc) is 3.64. The predicted molar refractivity (Wildman–Crippen MR) is 152 cm³/mol. The topological polar surface area (TPSA) is 339 Å². The van der Waals surface area contributed by atoms with E-state index < -0.39 is 85.8 Å². The number of fused-ring (bicyclic) bond motifs is 1. The number of aliphatic hydroxyl groups excluding tert-OH is 3. The van der Waals surface area contributed by atoms with Crippen LogP contribution in [0.25, 0.3) is 11.2 Å². The number of ketones is 1. The number of carbonyl (C=O) groups excluding carboxylic acids is 1. The van der Waals surface area contributed by atoms with Gasteiger partial charge in [-0.2, -0.15) is 8.88 Å². The van der Waals surface area contributed by atoms with Crippen LogP contribution in [0, 0.1) is 0 Å². The highest BCUT2D eigenvalue weighted by atomic mass is 31.3. The molecule has 264 valence electrons. The number of ether oxygens (including phenoxy) is 2. The average molecular weight is 743 g/mol. The molecular weight excluding hydrogens is 713 g/mol. The number of aliphatic hydroxyl groups is 3. The lowest BCUT2D eigenvalue weighted by Crippen LogP contribution is -2.46. The molecule has 0 amide bonds. The van der Waals surface area contributed by atoms with Crippen LogP contribution in [0.1, 0.15) is 29.7 Å². The van der Waals surface area contributed by atoms with Crippen LogP contribution in [0.2, 0.25) is 0 Å². The van der Waals surface area contributed by atoms with Crippen molar-refractivity contribution in [1.29, 1.82) is 0 Å². The minimum atomic E-state index is -5.51. The number of phosphoric ester groups is 3. The Labute approximate surface area is 268 Å². The van der Waals surface area contributed by atoms with Crippen LogP contribution in [-0.2, 0) is 41.1 Å². The molecule has 3 aromatic heterocycles. The Bertz CT molecular complexity index is 1810. The number of carbonyl (C=O) groups is 1. The molecule has 3 aromatic rings. The summed E-state index contributed by atoms with van der Waals surface area (Å²) in [6.45, 7) is -0.687. The zero-order valence-electron chi connectivity index (χ0n) is 24.4. The van der Waals surface area contributed by atoms with Gasteiger partial charge in [0.1, 0.15) is 42.4 Å². The van der Waals surface area contributed by atoms with E-state index >= 15 is 0 Å². The zero-order chi connectivity index (χ0) is 35.2. The minimum Gasteiger partial charge on any atom is -0.387 e. The van der Waals surface area contributed by atoms with E-state index in [4.69, 9.17) is 28.8 Å². The molecule has 5 heterocycles. The number of phosphoric acid groups is 3. The van der Waals surface area contributed by atoms with Crippen molar-refractivity contribution in [3.05, 3.63) is 42.7 Å². The number of hydrogen-bond acceptors (Lipinski definition) is 17. The summed E-state index contributed by atoms with van der Waals surface area (Å²) >= 11 is 0. The van der Waals surface area contributed by atoms with Crippen LogP contribution in [-0.4, -0.2) is 110 Å². The predicted octanol–water partition coefficient (Wildman–Crippen LogP) is -1.80. The molecule has 10 atom stereocenters. The molecule has 2 saturated heterocycles. The molecule has 0 spiro atoms. The molecule has 2 aliphatic rings. The second-order valence-corrected chi connectivity index (χ2v) is 14.7. The summed E-state index contributed by atoms with van der Waals surface area (Å²) in [7, 11) is -16.2. The number of rotatable bonds is 13. The molecule has 5 rings (SSSR count).